The number of carbonyl (C=O) groups excluding carboxylic acids is 2. The topological polar surface area (TPSA) is 72.9 Å². The monoisotopic (exact) mass is 417 g/mol. The van der Waals surface area contributed by atoms with Crippen LogP contribution in [0.15, 0.2) is 42.5 Å². The second-order valence-electron chi connectivity index (χ2n) is 7.59. The molecular formula is C22H25F2N3O3. The van der Waals surface area contributed by atoms with Gasteiger partial charge in [0.1, 0.15) is 29.0 Å². The van der Waals surface area contributed by atoms with E-state index < -0.39 is 29.1 Å². The van der Waals surface area contributed by atoms with E-state index in [-0.39, 0.29) is 17.6 Å². The predicted octanol–water partition coefficient (Wildman–Crippen LogP) is 2.77. The van der Waals surface area contributed by atoms with Crippen LogP contribution in [-0.4, -0.2) is 54.0 Å². The van der Waals surface area contributed by atoms with Gasteiger partial charge < -0.3 is 20.2 Å². The average molecular weight is 417 g/mol. The Labute approximate surface area is 174 Å². The van der Waals surface area contributed by atoms with Gasteiger partial charge in [-0.05, 0) is 30.2 Å². The lowest BCUT2D eigenvalue weighted by atomic mass is 10.0. The van der Waals surface area contributed by atoms with E-state index in [0.29, 0.717) is 31.9 Å². The van der Waals surface area contributed by atoms with E-state index in [1.807, 2.05) is 17.0 Å². The fourth-order valence-corrected chi connectivity index (χ4v) is 3.54. The molecule has 1 unspecified atom stereocenters. The molecule has 0 bridgehead atoms. The highest BCUT2D eigenvalue weighted by atomic mass is 19.1. The predicted molar refractivity (Wildman–Crippen MR) is 109 cm³/mol. The molecule has 1 saturated heterocycles. The first-order valence-corrected chi connectivity index (χ1v) is 9.86. The van der Waals surface area contributed by atoms with Gasteiger partial charge in [-0.2, -0.15) is 0 Å². The van der Waals surface area contributed by atoms with Crippen LogP contribution in [0, 0.1) is 17.6 Å². The lowest BCUT2D eigenvalue weighted by Gasteiger charge is -2.38. The number of hydrogen-bond donors (Lipinski definition) is 2. The molecule has 1 heterocycles. The molecule has 2 aromatic carbocycles. The zero-order valence-corrected chi connectivity index (χ0v) is 16.9. The number of carbonyl (C=O) groups is 2. The molecule has 2 aromatic rings. The molecule has 6 nitrogen and oxygen atoms in total. The largest absolute Gasteiger partial charge is 0.506 e. The number of aromatic hydroxyl groups is 1. The highest BCUT2D eigenvalue weighted by Gasteiger charge is 2.32. The molecule has 8 heteroatoms. The molecular weight excluding hydrogens is 392 g/mol. The number of halogens is 2. The standard InChI is InChI=1S/C22H25F2N3O3/c1-14(2)20(25-21(29)19-15(23)6-5-7-16(19)24)22(30)27-12-10-26(11-13-27)17-8-3-4-9-18(17)28/h3-9,14,20,28H,10-13H2,1-2H3,(H,25,29). The zero-order chi connectivity index (χ0) is 21.8. The third-order valence-electron chi connectivity index (χ3n) is 5.22. The van der Waals surface area contributed by atoms with Crippen molar-refractivity contribution in [2.45, 2.75) is 19.9 Å². The Morgan fingerprint density at radius 2 is 1.57 bits per heavy atom. The number of phenolic OH excluding ortho intramolecular Hbond substituents is 1. The number of benzene rings is 2. The fourth-order valence-electron chi connectivity index (χ4n) is 3.54. The maximum Gasteiger partial charge on any atom is 0.257 e. The molecule has 1 atom stereocenters. The Bertz CT molecular complexity index is 907. The van der Waals surface area contributed by atoms with Crippen LogP contribution in [0.1, 0.15) is 24.2 Å². The van der Waals surface area contributed by atoms with Gasteiger partial charge in [0, 0.05) is 26.2 Å². The van der Waals surface area contributed by atoms with Crippen LogP contribution in [0.25, 0.3) is 0 Å². The molecule has 3 rings (SSSR count). The Morgan fingerprint density at radius 1 is 0.967 bits per heavy atom. The summed E-state index contributed by atoms with van der Waals surface area (Å²) in [7, 11) is 0. The molecule has 2 amide bonds. The Morgan fingerprint density at radius 3 is 2.13 bits per heavy atom. The number of para-hydroxylation sites is 2. The molecule has 0 aromatic heterocycles. The van der Waals surface area contributed by atoms with Crippen molar-refractivity contribution in [2.75, 3.05) is 31.1 Å². The quantitative estimate of drug-likeness (QED) is 0.785. The second-order valence-corrected chi connectivity index (χ2v) is 7.59. The zero-order valence-electron chi connectivity index (χ0n) is 16.9. The summed E-state index contributed by atoms with van der Waals surface area (Å²) in [6.07, 6.45) is 0. The normalized spacial score (nSPS) is 15.2. The lowest BCUT2D eigenvalue weighted by molar-refractivity contribution is -0.134. The van der Waals surface area contributed by atoms with E-state index in [1.165, 1.54) is 6.07 Å². The SMILES string of the molecule is CC(C)C(NC(=O)c1c(F)cccc1F)C(=O)N1CCN(c2ccccc2O)CC1. The third kappa shape index (κ3) is 4.53. The minimum absolute atomic E-state index is 0.177. The van der Waals surface area contributed by atoms with Crippen molar-refractivity contribution < 1.29 is 23.5 Å². The second kappa shape index (κ2) is 9.11. The summed E-state index contributed by atoms with van der Waals surface area (Å²) in [5.74, 6) is -3.29. The van der Waals surface area contributed by atoms with Gasteiger partial charge >= 0.3 is 0 Å². The Balaban J connectivity index is 1.68. The summed E-state index contributed by atoms with van der Waals surface area (Å²) in [6, 6.07) is 9.27. The number of hydrogen-bond acceptors (Lipinski definition) is 4. The van der Waals surface area contributed by atoms with Crippen LogP contribution in [0.4, 0.5) is 14.5 Å². The van der Waals surface area contributed by atoms with Gasteiger partial charge in [-0.3, -0.25) is 9.59 Å². The molecule has 1 aliphatic rings. The van der Waals surface area contributed by atoms with Crippen molar-refractivity contribution in [1.29, 1.82) is 0 Å². The fraction of sp³-hybridized carbons (Fsp3) is 0.364. The first-order chi connectivity index (χ1) is 14.3. The van der Waals surface area contributed by atoms with Crippen LogP contribution in [0.3, 0.4) is 0 Å². The van der Waals surface area contributed by atoms with Gasteiger partial charge in [0.2, 0.25) is 5.91 Å². The summed E-state index contributed by atoms with van der Waals surface area (Å²) in [4.78, 5) is 29.1. The minimum Gasteiger partial charge on any atom is -0.506 e. The van der Waals surface area contributed by atoms with Crippen LogP contribution in [0.5, 0.6) is 5.75 Å². The van der Waals surface area contributed by atoms with Gasteiger partial charge in [-0.25, -0.2) is 8.78 Å². The van der Waals surface area contributed by atoms with E-state index in [9.17, 15) is 23.5 Å². The molecule has 30 heavy (non-hydrogen) atoms. The smallest absolute Gasteiger partial charge is 0.257 e. The van der Waals surface area contributed by atoms with Crippen molar-refractivity contribution in [3.05, 3.63) is 59.7 Å². The summed E-state index contributed by atoms with van der Waals surface area (Å²) in [6.45, 7) is 5.37. The Hall–Kier alpha value is -3.16. The van der Waals surface area contributed by atoms with Gasteiger partial charge in [0.15, 0.2) is 0 Å². The number of nitrogens with one attached hydrogen (secondary N) is 1. The molecule has 1 aliphatic heterocycles. The van der Waals surface area contributed by atoms with E-state index in [0.717, 1.165) is 12.1 Å². The van der Waals surface area contributed by atoms with Crippen LogP contribution in [-0.2, 0) is 4.79 Å². The number of nitrogens with zero attached hydrogens (tertiary/aromatic N) is 2. The van der Waals surface area contributed by atoms with E-state index in [1.54, 1.807) is 30.9 Å². The first-order valence-electron chi connectivity index (χ1n) is 9.86. The van der Waals surface area contributed by atoms with Crippen molar-refractivity contribution in [2.24, 2.45) is 5.92 Å². The van der Waals surface area contributed by atoms with Crippen LogP contribution in [0.2, 0.25) is 0 Å². The number of rotatable bonds is 5. The van der Waals surface area contributed by atoms with Crippen molar-refractivity contribution >= 4 is 17.5 Å². The van der Waals surface area contributed by atoms with Crippen molar-refractivity contribution in [1.82, 2.24) is 10.2 Å². The molecule has 0 aliphatic carbocycles. The summed E-state index contributed by atoms with van der Waals surface area (Å²) < 4.78 is 27.8. The minimum atomic E-state index is -0.973. The molecule has 2 N–H and O–H groups in total. The molecule has 0 saturated carbocycles. The van der Waals surface area contributed by atoms with E-state index in [2.05, 4.69) is 5.32 Å². The van der Waals surface area contributed by atoms with Crippen LogP contribution >= 0.6 is 0 Å². The van der Waals surface area contributed by atoms with E-state index >= 15 is 0 Å². The first kappa shape index (κ1) is 21.5. The maximum absolute atomic E-state index is 13.9. The van der Waals surface area contributed by atoms with Gasteiger partial charge in [-0.1, -0.05) is 32.0 Å². The van der Waals surface area contributed by atoms with Crippen molar-refractivity contribution in [3.8, 4) is 5.75 Å². The van der Waals surface area contributed by atoms with Gasteiger partial charge in [0.05, 0.1) is 5.69 Å². The Kier molecular flexibility index (Phi) is 6.54. The lowest BCUT2D eigenvalue weighted by Crippen LogP contribution is -2.56. The average Bonchev–Trinajstić information content (AvgIpc) is 2.72. The molecule has 1 fully saturated rings. The van der Waals surface area contributed by atoms with Gasteiger partial charge in [-0.15, -0.1) is 0 Å². The highest BCUT2D eigenvalue weighted by molar-refractivity contribution is 5.98. The maximum atomic E-state index is 13.9. The highest BCUT2D eigenvalue weighted by Crippen LogP contribution is 2.27. The summed E-state index contributed by atoms with van der Waals surface area (Å²) >= 11 is 0. The number of phenols is 1. The van der Waals surface area contributed by atoms with E-state index in [4.69, 9.17) is 0 Å². The number of anilines is 1. The van der Waals surface area contributed by atoms with Crippen LogP contribution < -0.4 is 10.2 Å². The summed E-state index contributed by atoms with van der Waals surface area (Å²) in [5.41, 5.74) is 0.00802. The third-order valence-corrected chi connectivity index (χ3v) is 5.22. The molecule has 0 spiro atoms. The number of amides is 2. The number of piperazine rings is 1. The summed E-state index contributed by atoms with van der Waals surface area (Å²) in [5, 5.41) is 12.5. The molecule has 160 valence electrons. The van der Waals surface area contributed by atoms with Gasteiger partial charge in [0.25, 0.3) is 5.91 Å². The molecule has 0 radical (unpaired) electrons. The van der Waals surface area contributed by atoms with Crippen molar-refractivity contribution in [3.63, 3.8) is 0 Å².